The zero-order chi connectivity index (χ0) is 12.5. The Labute approximate surface area is 113 Å². The molecule has 1 unspecified atom stereocenters. The number of hydrogen-bond donors (Lipinski definition) is 0. The molecule has 1 aliphatic rings. The maximum absolute atomic E-state index is 12.4. The SMILES string of the molecule is COC(=O)C1(CI)CCc2ccncc2C1=O. The lowest BCUT2D eigenvalue weighted by Crippen LogP contribution is -2.45. The highest BCUT2D eigenvalue weighted by Crippen LogP contribution is 2.37. The van der Waals surface area contributed by atoms with Crippen molar-refractivity contribution in [1.82, 2.24) is 4.98 Å². The average molecular weight is 345 g/mol. The van der Waals surface area contributed by atoms with Gasteiger partial charge in [-0.1, -0.05) is 22.6 Å². The molecule has 2 rings (SSSR count). The first kappa shape index (κ1) is 12.5. The summed E-state index contributed by atoms with van der Waals surface area (Å²) in [6.07, 6.45) is 4.43. The number of hydrogen-bond acceptors (Lipinski definition) is 4. The van der Waals surface area contributed by atoms with Gasteiger partial charge in [-0.15, -0.1) is 0 Å². The Balaban J connectivity index is 2.49. The molecule has 0 fully saturated rings. The molecule has 0 amide bonds. The molecule has 0 saturated heterocycles. The van der Waals surface area contributed by atoms with Crippen LogP contribution in [0.3, 0.4) is 0 Å². The predicted octanol–water partition coefficient (Wildman–Crippen LogP) is 1.80. The summed E-state index contributed by atoms with van der Waals surface area (Å²) in [6.45, 7) is 0. The number of aryl methyl sites for hydroxylation is 1. The van der Waals surface area contributed by atoms with Crippen molar-refractivity contribution in [3.63, 3.8) is 0 Å². The molecule has 1 aromatic heterocycles. The van der Waals surface area contributed by atoms with Gasteiger partial charge in [-0.3, -0.25) is 14.6 Å². The predicted molar refractivity (Wildman–Crippen MR) is 70.2 cm³/mol. The van der Waals surface area contributed by atoms with Crippen molar-refractivity contribution < 1.29 is 14.3 Å². The van der Waals surface area contributed by atoms with E-state index in [1.807, 2.05) is 6.07 Å². The van der Waals surface area contributed by atoms with Crippen LogP contribution in [0, 0.1) is 5.41 Å². The minimum atomic E-state index is -1.02. The molecule has 1 atom stereocenters. The highest BCUT2D eigenvalue weighted by molar-refractivity contribution is 14.1. The normalized spacial score (nSPS) is 23.1. The van der Waals surface area contributed by atoms with Crippen LogP contribution in [0.4, 0.5) is 0 Å². The van der Waals surface area contributed by atoms with Gasteiger partial charge in [0.25, 0.3) is 0 Å². The number of ether oxygens (including phenoxy) is 1. The number of ketones is 1. The largest absolute Gasteiger partial charge is 0.468 e. The van der Waals surface area contributed by atoms with Gasteiger partial charge >= 0.3 is 5.97 Å². The van der Waals surface area contributed by atoms with Crippen LogP contribution in [0.25, 0.3) is 0 Å². The lowest BCUT2D eigenvalue weighted by molar-refractivity contribution is -0.148. The molecule has 0 bridgehead atoms. The highest BCUT2D eigenvalue weighted by Gasteiger charge is 2.49. The number of methoxy groups -OCH3 is 1. The van der Waals surface area contributed by atoms with Crippen LogP contribution in [0.2, 0.25) is 0 Å². The van der Waals surface area contributed by atoms with Gasteiger partial charge < -0.3 is 4.74 Å². The second-order valence-corrected chi connectivity index (χ2v) is 4.83. The van der Waals surface area contributed by atoms with Crippen molar-refractivity contribution >= 4 is 34.3 Å². The van der Waals surface area contributed by atoms with E-state index < -0.39 is 11.4 Å². The molecule has 0 spiro atoms. The van der Waals surface area contributed by atoms with Gasteiger partial charge in [0.2, 0.25) is 0 Å². The van der Waals surface area contributed by atoms with E-state index in [0.29, 0.717) is 22.8 Å². The number of fused-ring (bicyclic) bond motifs is 1. The summed E-state index contributed by atoms with van der Waals surface area (Å²) in [5.74, 6) is -0.598. The molecule has 4 nitrogen and oxygen atoms in total. The maximum atomic E-state index is 12.4. The second kappa shape index (κ2) is 4.72. The van der Waals surface area contributed by atoms with E-state index in [1.54, 1.807) is 12.4 Å². The number of rotatable bonds is 2. The Morgan fingerprint density at radius 2 is 2.41 bits per heavy atom. The summed E-state index contributed by atoms with van der Waals surface area (Å²) >= 11 is 2.07. The standard InChI is InChI=1S/C12H12INO3/c1-17-11(16)12(7-13)4-2-8-3-5-14-6-9(8)10(12)15/h3,5-6H,2,4,7H2,1H3. The van der Waals surface area contributed by atoms with E-state index in [0.717, 1.165) is 5.56 Å². The summed E-state index contributed by atoms with van der Waals surface area (Å²) in [4.78, 5) is 28.3. The number of aromatic nitrogens is 1. The summed E-state index contributed by atoms with van der Waals surface area (Å²) in [5.41, 5.74) is 0.501. The van der Waals surface area contributed by atoms with Crippen molar-refractivity contribution in [1.29, 1.82) is 0 Å². The Morgan fingerprint density at radius 3 is 3.06 bits per heavy atom. The Morgan fingerprint density at radius 1 is 1.65 bits per heavy atom. The Bertz CT molecular complexity index is 475. The van der Waals surface area contributed by atoms with Gasteiger partial charge in [-0.2, -0.15) is 0 Å². The summed E-state index contributed by atoms with van der Waals surface area (Å²) in [7, 11) is 1.32. The minimum Gasteiger partial charge on any atom is -0.468 e. The van der Waals surface area contributed by atoms with Crippen molar-refractivity contribution in [2.75, 3.05) is 11.5 Å². The fourth-order valence-corrected chi connectivity index (χ4v) is 3.18. The van der Waals surface area contributed by atoms with E-state index in [2.05, 4.69) is 27.6 Å². The molecule has 0 saturated carbocycles. The summed E-state index contributed by atoms with van der Waals surface area (Å²) in [6, 6.07) is 1.83. The summed E-state index contributed by atoms with van der Waals surface area (Å²) < 4.78 is 5.22. The number of pyridine rings is 1. The summed E-state index contributed by atoms with van der Waals surface area (Å²) in [5, 5.41) is 0. The maximum Gasteiger partial charge on any atom is 0.320 e. The third-order valence-corrected chi connectivity index (χ3v) is 4.52. The first-order valence-electron chi connectivity index (χ1n) is 5.28. The minimum absolute atomic E-state index is 0.159. The number of carbonyl (C=O) groups is 2. The quantitative estimate of drug-likeness (QED) is 0.355. The lowest BCUT2D eigenvalue weighted by atomic mass is 9.72. The van der Waals surface area contributed by atoms with E-state index in [4.69, 9.17) is 4.74 Å². The molecule has 0 aromatic carbocycles. The fraction of sp³-hybridized carbons (Fsp3) is 0.417. The molecule has 90 valence electrons. The first-order valence-corrected chi connectivity index (χ1v) is 6.80. The van der Waals surface area contributed by atoms with Crippen LogP contribution in [0.15, 0.2) is 18.5 Å². The molecule has 1 heterocycles. The fourth-order valence-electron chi connectivity index (χ4n) is 2.14. The number of Topliss-reactive ketones (excluding diaryl/α,β-unsaturated/α-hetero) is 1. The zero-order valence-corrected chi connectivity index (χ0v) is 11.6. The van der Waals surface area contributed by atoms with Gasteiger partial charge in [-0.05, 0) is 24.5 Å². The molecule has 5 heteroatoms. The number of nitrogens with zero attached hydrogens (tertiary/aromatic N) is 1. The van der Waals surface area contributed by atoms with E-state index >= 15 is 0 Å². The van der Waals surface area contributed by atoms with Crippen molar-refractivity contribution in [3.8, 4) is 0 Å². The number of halogens is 1. The highest BCUT2D eigenvalue weighted by atomic mass is 127. The topological polar surface area (TPSA) is 56.3 Å². The van der Waals surface area contributed by atoms with Gasteiger partial charge in [0.15, 0.2) is 5.78 Å². The average Bonchev–Trinajstić information content (AvgIpc) is 2.39. The molecule has 1 aliphatic carbocycles. The molecule has 0 N–H and O–H groups in total. The van der Waals surface area contributed by atoms with Gasteiger partial charge in [0.1, 0.15) is 5.41 Å². The number of esters is 1. The third kappa shape index (κ3) is 1.86. The van der Waals surface area contributed by atoms with E-state index in [-0.39, 0.29) is 5.78 Å². The lowest BCUT2D eigenvalue weighted by Gasteiger charge is -2.32. The smallest absolute Gasteiger partial charge is 0.320 e. The number of alkyl halides is 1. The van der Waals surface area contributed by atoms with Gasteiger partial charge in [-0.25, -0.2) is 0 Å². The van der Waals surface area contributed by atoms with E-state index in [1.165, 1.54) is 7.11 Å². The molecular formula is C12H12INO3. The number of carbonyl (C=O) groups excluding carboxylic acids is 2. The van der Waals surface area contributed by atoms with Crippen LogP contribution in [0.1, 0.15) is 22.3 Å². The monoisotopic (exact) mass is 345 g/mol. The molecule has 1 aromatic rings. The van der Waals surface area contributed by atoms with Crippen LogP contribution >= 0.6 is 22.6 Å². The molecule has 17 heavy (non-hydrogen) atoms. The van der Waals surface area contributed by atoms with Crippen LogP contribution < -0.4 is 0 Å². The van der Waals surface area contributed by atoms with Gasteiger partial charge in [0, 0.05) is 22.4 Å². The van der Waals surface area contributed by atoms with E-state index in [9.17, 15) is 9.59 Å². The van der Waals surface area contributed by atoms with Crippen molar-refractivity contribution in [3.05, 3.63) is 29.6 Å². The Kier molecular flexibility index (Phi) is 3.46. The molecular weight excluding hydrogens is 333 g/mol. The second-order valence-electron chi connectivity index (χ2n) is 4.07. The Hall–Kier alpha value is -0.980. The molecule has 0 radical (unpaired) electrons. The zero-order valence-electron chi connectivity index (χ0n) is 9.40. The first-order chi connectivity index (χ1) is 8.15. The van der Waals surface area contributed by atoms with Crippen LogP contribution in [-0.4, -0.2) is 28.3 Å². The van der Waals surface area contributed by atoms with Gasteiger partial charge in [0.05, 0.1) is 7.11 Å². The molecule has 0 aliphatic heterocycles. The van der Waals surface area contributed by atoms with Crippen LogP contribution in [0.5, 0.6) is 0 Å². The van der Waals surface area contributed by atoms with Crippen molar-refractivity contribution in [2.45, 2.75) is 12.8 Å². The van der Waals surface area contributed by atoms with Crippen molar-refractivity contribution in [2.24, 2.45) is 5.41 Å². The van der Waals surface area contributed by atoms with Crippen LogP contribution in [-0.2, 0) is 16.0 Å². The third-order valence-electron chi connectivity index (χ3n) is 3.22.